The number of nitrogens with one attached hydrogen (secondary N) is 2. The van der Waals surface area contributed by atoms with E-state index in [2.05, 4.69) is 29.5 Å². The van der Waals surface area contributed by atoms with Gasteiger partial charge < -0.3 is 20.5 Å². The van der Waals surface area contributed by atoms with Crippen LogP contribution in [0.1, 0.15) is 57.2 Å². The fraction of sp³-hybridized carbons (Fsp3) is 0.414. The molecule has 0 fully saturated rings. The van der Waals surface area contributed by atoms with E-state index in [9.17, 15) is 14.7 Å². The number of hydrogen-bond donors (Lipinski definition) is 3. The molecule has 3 N–H and O–H groups in total. The molecule has 0 aliphatic carbocycles. The van der Waals surface area contributed by atoms with Gasteiger partial charge in [0.05, 0.1) is 4.88 Å². The van der Waals surface area contributed by atoms with Crippen molar-refractivity contribution in [2.75, 3.05) is 5.32 Å². The van der Waals surface area contributed by atoms with Crippen LogP contribution in [-0.4, -0.2) is 34.1 Å². The van der Waals surface area contributed by atoms with E-state index in [1.807, 2.05) is 49.4 Å². The fourth-order valence-electron chi connectivity index (χ4n) is 3.70. The minimum atomic E-state index is -1.21. The first-order valence-corrected chi connectivity index (χ1v) is 13.3. The molecule has 0 saturated carbocycles. The SMILES string of the molecule is CCCC(NC(=O)[C@@H](O)C(C)(C)C)C(=O)Nc1ncc(-c2ccccc2COc2ccc(C)c(C)c2)s1. The lowest BCUT2D eigenvalue weighted by atomic mass is 9.88. The number of carbonyl (C=O) groups excluding carboxylic acids is 2. The molecule has 0 radical (unpaired) electrons. The van der Waals surface area contributed by atoms with Crippen LogP contribution in [0.25, 0.3) is 10.4 Å². The first-order chi connectivity index (χ1) is 17.5. The van der Waals surface area contributed by atoms with Crippen LogP contribution < -0.4 is 15.4 Å². The van der Waals surface area contributed by atoms with E-state index < -0.39 is 23.5 Å². The third kappa shape index (κ3) is 7.63. The first kappa shape index (κ1) is 28.3. The number of aromatic nitrogens is 1. The predicted octanol–water partition coefficient (Wildman–Crippen LogP) is 5.64. The highest BCUT2D eigenvalue weighted by molar-refractivity contribution is 7.19. The van der Waals surface area contributed by atoms with Gasteiger partial charge in [0.2, 0.25) is 11.8 Å². The standard InChI is InChI=1S/C29H37N3O4S/c1-7-10-23(31-27(35)25(33)29(4,5)6)26(34)32-28-30-16-24(37-28)22-12-9-8-11-20(22)17-36-21-14-13-18(2)19(3)15-21/h8-9,11-16,23,25,33H,7,10,17H2,1-6H3,(H,31,35)(H,30,32,34)/t23?,25-/m1/s1. The molecule has 3 aromatic rings. The van der Waals surface area contributed by atoms with E-state index in [0.717, 1.165) is 21.8 Å². The normalized spacial score (nSPS) is 13.1. The third-order valence-corrected chi connectivity index (χ3v) is 7.12. The highest BCUT2D eigenvalue weighted by atomic mass is 32.1. The highest BCUT2D eigenvalue weighted by Crippen LogP contribution is 2.32. The molecule has 0 spiro atoms. The van der Waals surface area contributed by atoms with Gasteiger partial charge in [-0.3, -0.25) is 9.59 Å². The number of hydrogen-bond acceptors (Lipinski definition) is 6. The molecule has 2 atom stereocenters. The Balaban J connectivity index is 1.70. The minimum Gasteiger partial charge on any atom is -0.489 e. The number of anilines is 1. The molecule has 37 heavy (non-hydrogen) atoms. The Labute approximate surface area is 223 Å². The summed E-state index contributed by atoms with van der Waals surface area (Å²) in [6, 6.07) is 13.2. The van der Waals surface area contributed by atoms with Crippen LogP contribution >= 0.6 is 11.3 Å². The van der Waals surface area contributed by atoms with Gasteiger partial charge in [0, 0.05) is 6.20 Å². The van der Waals surface area contributed by atoms with Crippen molar-refractivity contribution in [3.8, 4) is 16.2 Å². The van der Waals surface area contributed by atoms with Crippen molar-refractivity contribution >= 4 is 28.3 Å². The van der Waals surface area contributed by atoms with Crippen molar-refractivity contribution in [1.29, 1.82) is 0 Å². The van der Waals surface area contributed by atoms with Gasteiger partial charge in [-0.2, -0.15) is 0 Å². The van der Waals surface area contributed by atoms with Crippen molar-refractivity contribution < 1.29 is 19.4 Å². The molecule has 2 aromatic carbocycles. The van der Waals surface area contributed by atoms with Crippen LogP contribution in [0, 0.1) is 19.3 Å². The summed E-state index contributed by atoms with van der Waals surface area (Å²) in [5.41, 5.74) is 3.76. The van der Waals surface area contributed by atoms with Gasteiger partial charge in [0.15, 0.2) is 5.13 Å². The molecule has 3 rings (SSSR count). The fourth-order valence-corrected chi connectivity index (χ4v) is 4.58. The molecule has 0 saturated heterocycles. The zero-order valence-corrected chi connectivity index (χ0v) is 23.2. The lowest BCUT2D eigenvalue weighted by Gasteiger charge is -2.26. The second kappa shape index (κ2) is 12.3. The Morgan fingerprint density at radius 1 is 1.08 bits per heavy atom. The summed E-state index contributed by atoms with van der Waals surface area (Å²) in [6.07, 6.45) is 1.66. The summed E-state index contributed by atoms with van der Waals surface area (Å²) >= 11 is 1.36. The molecule has 2 amide bonds. The monoisotopic (exact) mass is 523 g/mol. The van der Waals surface area contributed by atoms with E-state index in [0.29, 0.717) is 24.6 Å². The lowest BCUT2D eigenvalue weighted by Crippen LogP contribution is -2.50. The number of aliphatic hydroxyl groups excluding tert-OH is 1. The number of aliphatic hydroxyl groups is 1. The number of benzene rings is 2. The van der Waals surface area contributed by atoms with Crippen LogP contribution in [0.4, 0.5) is 5.13 Å². The molecule has 0 bridgehead atoms. The third-order valence-electron chi connectivity index (χ3n) is 6.17. The summed E-state index contributed by atoms with van der Waals surface area (Å²) in [5, 5.41) is 16.2. The van der Waals surface area contributed by atoms with Gasteiger partial charge >= 0.3 is 0 Å². The number of thiazole rings is 1. The summed E-state index contributed by atoms with van der Waals surface area (Å²) in [6.45, 7) is 11.8. The Morgan fingerprint density at radius 3 is 2.49 bits per heavy atom. The molecule has 1 heterocycles. The average Bonchev–Trinajstić information content (AvgIpc) is 3.31. The van der Waals surface area contributed by atoms with Gasteiger partial charge in [-0.25, -0.2) is 4.98 Å². The second-order valence-electron chi connectivity index (χ2n) is 10.3. The first-order valence-electron chi connectivity index (χ1n) is 12.5. The Hall–Kier alpha value is -3.23. The summed E-state index contributed by atoms with van der Waals surface area (Å²) in [5.74, 6) is -0.0991. The number of rotatable bonds is 10. The van der Waals surface area contributed by atoms with E-state index >= 15 is 0 Å². The smallest absolute Gasteiger partial charge is 0.250 e. The van der Waals surface area contributed by atoms with E-state index in [-0.39, 0.29) is 5.91 Å². The Kier molecular flexibility index (Phi) is 9.45. The quantitative estimate of drug-likeness (QED) is 0.319. The minimum absolute atomic E-state index is 0.358. The van der Waals surface area contributed by atoms with Crippen LogP contribution in [0.5, 0.6) is 5.75 Å². The number of ether oxygens (including phenoxy) is 1. The van der Waals surface area contributed by atoms with Gasteiger partial charge in [-0.15, -0.1) is 0 Å². The summed E-state index contributed by atoms with van der Waals surface area (Å²) < 4.78 is 6.05. The molecule has 7 nitrogen and oxygen atoms in total. The van der Waals surface area contributed by atoms with Gasteiger partial charge in [0.1, 0.15) is 24.5 Å². The molecule has 1 aromatic heterocycles. The van der Waals surface area contributed by atoms with Gasteiger partial charge in [0.25, 0.3) is 0 Å². The van der Waals surface area contributed by atoms with E-state index in [1.54, 1.807) is 27.0 Å². The number of carbonyl (C=O) groups is 2. The van der Waals surface area contributed by atoms with Gasteiger partial charge in [-0.1, -0.05) is 75.8 Å². The van der Waals surface area contributed by atoms with Crippen molar-refractivity contribution in [2.45, 2.75) is 73.1 Å². The second-order valence-corrected chi connectivity index (χ2v) is 11.4. The zero-order chi connectivity index (χ0) is 27.2. The molecule has 1 unspecified atom stereocenters. The topological polar surface area (TPSA) is 101 Å². The zero-order valence-electron chi connectivity index (χ0n) is 22.4. The number of nitrogens with zero attached hydrogens (tertiary/aromatic N) is 1. The van der Waals surface area contributed by atoms with Crippen molar-refractivity contribution in [3.05, 3.63) is 65.4 Å². The molecule has 198 valence electrons. The van der Waals surface area contributed by atoms with E-state index in [1.165, 1.54) is 22.5 Å². The largest absolute Gasteiger partial charge is 0.489 e. The number of aryl methyl sites for hydroxylation is 2. The van der Waals surface area contributed by atoms with Crippen LogP contribution in [0.2, 0.25) is 0 Å². The Bertz CT molecular complexity index is 1230. The predicted molar refractivity (Wildman–Crippen MR) is 149 cm³/mol. The Morgan fingerprint density at radius 2 is 1.81 bits per heavy atom. The molecule has 0 aliphatic rings. The molecular formula is C29H37N3O4S. The van der Waals surface area contributed by atoms with Crippen LogP contribution in [0.3, 0.4) is 0 Å². The lowest BCUT2D eigenvalue weighted by molar-refractivity contribution is -0.137. The van der Waals surface area contributed by atoms with Crippen molar-refractivity contribution in [3.63, 3.8) is 0 Å². The molecular weight excluding hydrogens is 486 g/mol. The maximum atomic E-state index is 13.0. The maximum absolute atomic E-state index is 13.0. The van der Waals surface area contributed by atoms with Crippen LogP contribution in [0.15, 0.2) is 48.7 Å². The number of amides is 2. The maximum Gasteiger partial charge on any atom is 0.250 e. The average molecular weight is 524 g/mol. The molecule has 8 heteroatoms. The summed E-state index contributed by atoms with van der Waals surface area (Å²) in [4.78, 5) is 30.8. The summed E-state index contributed by atoms with van der Waals surface area (Å²) in [7, 11) is 0. The molecule has 0 aliphatic heterocycles. The van der Waals surface area contributed by atoms with Crippen LogP contribution in [-0.2, 0) is 16.2 Å². The van der Waals surface area contributed by atoms with Gasteiger partial charge in [-0.05, 0) is 60.1 Å². The highest BCUT2D eigenvalue weighted by Gasteiger charge is 2.32. The van der Waals surface area contributed by atoms with E-state index in [4.69, 9.17) is 4.74 Å². The van der Waals surface area contributed by atoms with Crippen molar-refractivity contribution in [1.82, 2.24) is 10.3 Å². The van der Waals surface area contributed by atoms with Crippen molar-refractivity contribution in [2.24, 2.45) is 5.41 Å².